The molecular formula is C17H29NO3S. The topological polar surface area (TPSA) is 69.4 Å². The normalized spacial score (nSPS) is 11.5. The number of hydrogen-bond acceptors (Lipinski definition) is 4. The van der Waals surface area contributed by atoms with E-state index in [1.807, 2.05) is 0 Å². The molecule has 0 bridgehead atoms. The summed E-state index contributed by atoms with van der Waals surface area (Å²) in [6.45, 7) is 4.48. The summed E-state index contributed by atoms with van der Waals surface area (Å²) in [5.41, 5.74) is 6.98. The van der Waals surface area contributed by atoms with Crippen LogP contribution in [0.4, 0.5) is 5.69 Å². The van der Waals surface area contributed by atoms with E-state index in [1.54, 1.807) is 25.1 Å². The van der Waals surface area contributed by atoms with Crippen LogP contribution in [0.1, 0.15) is 57.9 Å². The van der Waals surface area contributed by atoms with Crippen molar-refractivity contribution < 1.29 is 13.2 Å². The summed E-state index contributed by atoms with van der Waals surface area (Å²) >= 11 is 0. The molecule has 0 fully saturated rings. The molecule has 0 spiro atoms. The van der Waals surface area contributed by atoms with Crippen LogP contribution in [-0.2, 0) is 15.6 Å². The van der Waals surface area contributed by atoms with Crippen molar-refractivity contribution >= 4 is 15.5 Å². The molecule has 5 heteroatoms. The Morgan fingerprint density at radius 3 is 2.41 bits per heavy atom. The van der Waals surface area contributed by atoms with Crippen LogP contribution >= 0.6 is 0 Å². The highest BCUT2D eigenvalue weighted by Crippen LogP contribution is 2.24. The van der Waals surface area contributed by atoms with Crippen LogP contribution in [0.3, 0.4) is 0 Å². The van der Waals surface area contributed by atoms with Gasteiger partial charge in [0.2, 0.25) is 0 Å². The molecule has 126 valence electrons. The van der Waals surface area contributed by atoms with Gasteiger partial charge in [-0.05, 0) is 24.6 Å². The van der Waals surface area contributed by atoms with E-state index in [4.69, 9.17) is 10.5 Å². The molecule has 0 saturated carbocycles. The number of benzene rings is 1. The molecule has 2 N–H and O–H groups in total. The van der Waals surface area contributed by atoms with Crippen LogP contribution in [0.2, 0.25) is 0 Å². The average Bonchev–Trinajstić information content (AvgIpc) is 2.48. The van der Waals surface area contributed by atoms with Crippen molar-refractivity contribution in [3.8, 4) is 5.75 Å². The number of anilines is 1. The monoisotopic (exact) mass is 327 g/mol. The van der Waals surface area contributed by atoms with Gasteiger partial charge in [-0.3, -0.25) is 0 Å². The summed E-state index contributed by atoms with van der Waals surface area (Å²) in [4.78, 5) is 0. The maximum absolute atomic E-state index is 11.8. The minimum atomic E-state index is -3.09. The van der Waals surface area contributed by atoms with Crippen LogP contribution in [-0.4, -0.2) is 20.8 Å². The summed E-state index contributed by atoms with van der Waals surface area (Å²) in [5, 5.41) is 0. The first-order valence-electron chi connectivity index (χ1n) is 8.20. The number of nitrogen functional groups attached to an aromatic ring is 1. The summed E-state index contributed by atoms with van der Waals surface area (Å²) in [5.74, 6) is 0.749. The maximum Gasteiger partial charge on any atom is 0.154 e. The molecule has 1 aromatic carbocycles. The molecule has 22 heavy (non-hydrogen) atoms. The van der Waals surface area contributed by atoms with E-state index in [1.165, 1.54) is 25.7 Å². The largest absolute Gasteiger partial charge is 0.493 e. The molecule has 0 unspecified atom stereocenters. The highest BCUT2D eigenvalue weighted by Gasteiger charge is 2.13. The van der Waals surface area contributed by atoms with Gasteiger partial charge in [-0.2, -0.15) is 0 Å². The van der Waals surface area contributed by atoms with Crippen molar-refractivity contribution in [1.82, 2.24) is 0 Å². The quantitative estimate of drug-likeness (QED) is 0.493. The zero-order valence-electron chi connectivity index (χ0n) is 13.8. The third-order valence-corrected chi connectivity index (χ3v) is 5.29. The summed E-state index contributed by atoms with van der Waals surface area (Å²) in [7, 11) is -3.09. The van der Waals surface area contributed by atoms with Crippen molar-refractivity contribution in [3.05, 3.63) is 23.8 Å². The van der Waals surface area contributed by atoms with Gasteiger partial charge < -0.3 is 10.5 Å². The number of unbranched alkanes of at least 4 members (excludes halogenated alkanes) is 5. The minimum absolute atomic E-state index is 0.0135. The van der Waals surface area contributed by atoms with E-state index in [0.29, 0.717) is 23.6 Å². The average molecular weight is 327 g/mol. The van der Waals surface area contributed by atoms with Crippen LogP contribution in [0.25, 0.3) is 0 Å². The molecular weight excluding hydrogens is 298 g/mol. The Balaban J connectivity index is 2.52. The van der Waals surface area contributed by atoms with Crippen LogP contribution in [0.5, 0.6) is 5.75 Å². The summed E-state index contributed by atoms with van der Waals surface area (Å²) in [6, 6.07) is 5.22. The Hall–Kier alpha value is -1.23. The number of nitrogens with two attached hydrogens (primary N) is 1. The predicted molar refractivity (Wildman–Crippen MR) is 92.9 cm³/mol. The lowest BCUT2D eigenvalue weighted by atomic mass is 10.1. The van der Waals surface area contributed by atoms with Gasteiger partial charge in [-0.1, -0.05) is 46.0 Å². The van der Waals surface area contributed by atoms with E-state index in [-0.39, 0.29) is 11.5 Å². The Kier molecular flexibility index (Phi) is 8.31. The zero-order chi connectivity index (χ0) is 16.4. The third kappa shape index (κ3) is 7.16. The number of sulfone groups is 1. The Bertz CT molecular complexity index is 541. The lowest BCUT2D eigenvalue weighted by molar-refractivity contribution is 0.302. The van der Waals surface area contributed by atoms with Crippen molar-refractivity contribution in [2.24, 2.45) is 0 Å². The molecule has 0 aromatic heterocycles. The fraction of sp³-hybridized carbons (Fsp3) is 0.647. The smallest absolute Gasteiger partial charge is 0.154 e. The van der Waals surface area contributed by atoms with Gasteiger partial charge in [0.15, 0.2) is 9.84 Å². The van der Waals surface area contributed by atoms with Crippen LogP contribution < -0.4 is 10.5 Å². The lowest BCUT2D eigenvalue weighted by Gasteiger charge is -2.12. The molecule has 4 nitrogen and oxygen atoms in total. The molecule has 0 atom stereocenters. The number of ether oxygens (including phenoxy) is 1. The molecule has 1 aromatic rings. The van der Waals surface area contributed by atoms with Gasteiger partial charge in [0.25, 0.3) is 0 Å². The molecule has 0 saturated heterocycles. The van der Waals surface area contributed by atoms with Crippen LogP contribution in [0, 0.1) is 0 Å². The molecule has 0 aliphatic heterocycles. The second-order valence-corrected chi connectivity index (χ2v) is 8.01. The molecule has 0 radical (unpaired) electrons. The summed E-state index contributed by atoms with van der Waals surface area (Å²) < 4.78 is 29.4. The van der Waals surface area contributed by atoms with Crippen molar-refractivity contribution in [1.29, 1.82) is 0 Å². The Labute approximate surface area is 135 Å². The van der Waals surface area contributed by atoms with Crippen molar-refractivity contribution in [2.75, 3.05) is 18.1 Å². The summed E-state index contributed by atoms with van der Waals surface area (Å²) in [6.07, 6.45) is 7.19. The van der Waals surface area contributed by atoms with Crippen LogP contribution in [0.15, 0.2) is 18.2 Å². The highest BCUT2D eigenvalue weighted by atomic mass is 32.2. The molecule has 1 rings (SSSR count). The van der Waals surface area contributed by atoms with Gasteiger partial charge in [0, 0.05) is 17.0 Å². The van der Waals surface area contributed by atoms with E-state index in [2.05, 4.69) is 6.92 Å². The fourth-order valence-electron chi connectivity index (χ4n) is 2.26. The van der Waals surface area contributed by atoms with E-state index >= 15 is 0 Å². The Morgan fingerprint density at radius 2 is 1.73 bits per heavy atom. The van der Waals surface area contributed by atoms with Gasteiger partial charge in [-0.15, -0.1) is 0 Å². The standard InChI is InChI=1S/C17H29NO3S/c1-3-5-6-7-8-9-12-21-17-11-10-16(18)13-15(17)14-22(19,20)4-2/h10-11,13H,3-9,12,14,18H2,1-2H3. The first-order chi connectivity index (χ1) is 10.5. The molecule has 0 heterocycles. The van der Waals surface area contributed by atoms with E-state index < -0.39 is 9.84 Å². The minimum Gasteiger partial charge on any atom is -0.493 e. The van der Waals surface area contributed by atoms with Crippen molar-refractivity contribution in [2.45, 2.75) is 58.1 Å². The maximum atomic E-state index is 11.8. The fourth-order valence-corrected chi connectivity index (χ4v) is 3.16. The van der Waals surface area contributed by atoms with Gasteiger partial charge in [0.1, 0.15) is 5.75 Å². The first-order valence-corrected chi connectivity index (χ1v) is 10.0. The SMILES string of the molecule is CCCCCCCCOc1ccc(N)cc1CS(=O)(=O)CC. The predicted octanol–water partition coefficient (Wildman–Crippen LogP) is 3.94. The second-order valence-electron chi connectivity index (χ2n) is 5.66. The van der Waals surface area contributed by atoms with Gasteiger partial charge in [-0.25, -0.2) is 8.42 Å². The van der Waals surface area contributed by atoms with Crippen molar-refractivity contribution in [3.63, 3.8) is 0 Å². The first kappa shape index (κ1) is 18.8. The lowest BCUT2D eigenvalue weighted by Crippen LogP contribution is -2.09. The Morgan fingerprint density at radius 1 is 1.05 bits per heavy atom. The third-order valence-electron chi connectivity index (χ3n) is 3.66. The number of rotatable bonds is 11. The van der Waals surface area contributed by atoms with Gasteiger partial charge in [0.05, 0.1) is 12.4 Å². The molecule has 0 aliphatic rings. The molecule has 0 aliphatic carbocycles. The molecule has 0 amide bonds. The van der Waals surface area contributed by atoms with E-state index in [9.17, 15) is 8.42 Å². The number of hydrogen-bond donors (Lipinski definition) is 1. The van der Waals surface area contributed by atoms with E-state index in [0.717, 1.165) is 12.8 Å². The highest BCUT2D eigenvalue weighted by molar-refractivity contribution is 7.90. The van der Waals surface area contributed by atoms with Gasteiger partial charge >= 0.3 is 0 Å². The second kappa shape index (κ2) is 9.72. The zero-order valence-corrected chi connectivity index (χ0v) is 14.6.